The Labute approximate surface area is 193 Å². The van der Waals surface area contributed by atoms with Gasteiger partial charge in [-0.05, 0) is 35.6 Å². The molecule has 1 fully saturated rings. The SMILES string of the molecule is COc1c(C#Cc2ccc(NS(C)(=O)=O)cn2)cc(N2C(=O)CCNC2=O)cc1C(C)(C)C. The number of carbonyl (C=O) groups excluding carboxylic acids is 2. The summed E-state index contributed by atoms with van der Waals surface area (Å²) in [5.74, 6) is 6.21. The average Bonchev–Trinajstić information content (AvgIpc) is 2.71. The lowest BCUT2D eigenvalue weighted by molar-refractivity contribution is -0.118. The molecular weight excluding hydrogens is 444 g/mol. The predicted molar refractivity (Wildman–Crippen MR) is 126 cm³/mol. The summed E-state index contributed by atoms with van der Waals surface area (Å²) in [7, 11) is -1.87. The largest absolute Gasteiger partial charge is 0.495 e. The van der Waals surface area contributed by atoms with E-state index in [0.717, 1.165) is 16.7 Å². The van der Waals surface area contributed by atoms with Crippen LogP contribution in [0.1, 0.15) is 44.0 Å². The number of amides is 3. The van der Waals surface area contributed by atoms with E-state index < -0.39 is 16.1 Å². The second kappa shape index (κ2) is 9.11. The molecule has 10 heteroatoms. The molecule has 2 N–H and O–H groups in total. The van der Waals surface area contributed by atoms with Gasteiger partial charge in [-0.25, -0.2) is 23.1 Å². The fourth-order valence-corrected chi connectivity index (χ4v) is 3.88. The predicted octanol–water partition coefficient (Wildman–Crippen LogP) is 2.61. The summed E-state index contributed by atoms with van der Waals surface area (Å²) in [5.41, 5.74) is 2.07. The van der Waals surface area contributed by atoms with E-state index in [9.17, 15) is 18.0 Å². The molecule has 1 aromatic heterocycles. The smallest absolute Gasteiger partial charge is 0.328 e. The average molecular weight is 471 g/mol. The summed E-state index contributed by atoms with van der Waals surface area (Å²) in [6, 6.07) is 6.08. The van der Waals surface area contributed by atoms with Crippen LogP contribution in [0.15, 0.2) is 30.5 Å². The van der Waals surface area contributed by atoms with Crippen molar-refractivity contribution in [3.63, 3.8) is 0 Å². The van der Waals surface area contributed by atoms with Gasteiger partial charge >= 0.3 is 6.03 Å². The van der Waals surface area contributed by atoms with Gasteiger partial charge in [0.25, 0.3) is 0 Å². The normalized spacial score (nSPS) is 14.3. The van der Waals surface area contributed by atoms with Gasteiger partial charge in [-0.2, -0.15) is 0 Å². The molecule has 0 unspecified atom stereocenters. The molecule has 174 valence electrons. The molecule has 0 bridgehead atoms. The number of imide groups is 1. The van der Waals surface area contributed by atoms with Gasteiger partial charge in [0.1, 0.15) is 11.4 Å². The molecule has 2 aromatic rings. The standard InChI is InChI=1S/C23H26N4O5S/c1-23(2,3)19-13-18(27-20(28)10-11-24-22(27)29)12-15(21(19)32-4)6-7-16-8-9-17(14-25-16)26-33(5,30)31/h8-9,12-14,26H,10-11H2,1-5H3,(H,24,29). The Morgan fingerprint density at radius 3 is 2.45 bits per heavy atom. The van der Waals surface area contributed by atoms with E-state index in [4.69, 9.17) is 4.74 Å². The van der Waals surface area contributed by atoms with Gasteiger partial charge in [0.05, 0.1) is 36.5 Å². The minimum Gasteiger partial charge on any atom is -0.495 e. The molecule has 0 saturated carbocycles. The highest BCUT2D eigenvalue weighted by atomic mass is 32.2. The summed E-state index contributed by atoms with van der Waals surface area (Å²) < 4.78 is 30.7. The summed E-state index contributed by atoms with van der Waals surface area (Å²) in [5, 5.41) is 2.69. The van der Waals surface area contributed by atoms with Crippen LogP contribution in [0.4, 0.5) is 16.2 Å². The number of anilines is 2. The van der Waals surface area contributed by atoms with Gasteiger partial charge in [0.15, 0.2) is 0 Å². The Bertz CT molecular complexity index is 1240. The maximum Gasteiger partial charge on any atom is 0.328 e. The summed E-state index contributed by atoms with van der Waals surface area (Å²) in [4.78, 5) is 30.2. The van der Waals surface area contributed by atoms with Crippen molar-refractivity contribution in [2.75, 3.05) is 29.5 Å². The highest BCUT2D eigenvalue weighted by Gasteiger charge is 2.30. The molecule has 1 aromatic carbocycles. The number of hydrogen-bond donors (Lipinski definition) is 2. The first kappa shape index (κ1) is 24.1. The van der Waals surface area contributed by atoms with Crippen molar-refractivity contribution in [1.29, 1.82) is 0 Å². The summed E-state index contributed by atoms with van der Waals surface area (Å²) >= 11 is 0. The zero-order valence-electron chi connectivity index (χ0n) is 19.1. The molecule has 0 radical (unpaired) electrons. The number of sulfonamides is 1. The Morgan fingerprint density at radius 2 is 1.91 bits per heavy atom. The lowest BCUT2D eigenvalue weighted by Crippen LogP contribution is -2.50. The maximum absolute atomic E-state index is 12.5. The number of hydrogen-bond acceptors (Lipinski definition) is 6. The van der Waals surface area contributed by atoms with Crippen LogP contribution in [0.5, 0.6) is 5.75 Å². The molecule has 33 heavy (non-hydrogen) atoms. The third-order valence-corrected chi connectivity index (χ3v) is 5.41. The molecule has 9 nitrogen and oxygen atoms in total. The topological polar surface area (TPSA) is 118 Å². The second-order valence-corrected chi connectivity index (χ2v) is 10.3. The fraction of sp³-hybridized carbons (Fsp3) is 0.348. The first-order chi connectivity index (χ1) is 15.4. The maximum atomic E-state index is 12.5. The van der Waals surface area contributed by atoms with E-state index >= 15 is 0 Å². The molecular formula is C23H26N4O5S. The van der Waals surface area contributed by atoms with E-state index in [1.165, 1.54) is 13.3 Å². The highest BCUT2D eigenvalue weighted by Crippen LogP contribution is 2.38. The van der Waals surface area contributed by atoms with Gasteiger partial charge in [-0.3, -0.25) is 9.52 Å². The lowest BCUT2D eigenvalue weighted by Gasteiger charge is -2.29. The molecule has 0 spiro atoms. The molecule has 0 atom stereocenters. The van der Waals surface area contributed by atoms with E-state index in [-0.39, 0.29) is 17.7 Å². The summed E-state index contributed by atoms with van der Waals surface area (Å²) in [6.45, 7) is 6.30. The van der Waals surface area contributed by atoms with E-state index in [1.807, 2.05) is 20.8 Å². The molecule has 0 aliphatic carbocycles. The van der Waals surface area contributed by atoms with Crippen LogP contribution in [0, 0.1) is 11.8 Å². The van der Waals surface area contributed by atoms with Crippen LogP contribution in [0.2, 0.25) is 0 Å². The minimum absolute atomic E-state index is 0.210. The number of nitrogens with zero attached hydrogens (tertiary/aromatic N) is 2. The van der Waals surface area contributed by atoms with Crippen molar-refractivity contribution in [3.05, 3.63) is 47.3 Å². The monoisotopic (exact) mass is 470 g/mol. The Morgan fingerprint density at radius 1 is 1.18 bits per heavy atom. The Balaban J connectivity index is 2.08. The number of pyridine rings is 1. The number of benzene rings is 1. The van der Waals surface area contributed by atoms with E-state index in [1.54, 1.807) is 24.3 Å². The fourth-order valence-electron chi connectivity index (χ4n) is 3.33. The highest BCUT2D eigenvalue weighted by molar-refractivity contribution is 7.92. The van der Waals surface area contributed by atoms with Crippen LogP contribution in [-0.4, -0.2) is 45.3 Å². The number of aromatic nitrogens is 1. The van der Waals surface area contributed by atoms with Gasteiger partial charge in [0.2, 0.25) is 15.9 Å². The van der Waals surface area contributed by atoms with Gasteiger partial charge in [-0.15, -0.1) is 0 Å². The van der Waals surface area contributed by atoms with Crippen molar-refractivity contribution in [3.8, 4) is 17.6 Å². The van der Waals surface area contributed by atoms with Crippen molar-refractivity contribution in [2.45, 2.75) is 32.6 Å². The molecule has 3 rings (SSSR count). The number of ether oxygens (including phenoxy) is 1. The lowest BCUT2D eigenvalue weighted by atomic mass is 9.84. The van der Waals surface area contributed by atoms with Crippen molar-refractivity contribution >= 4 is 33.3 Å². The van der Waals surface area contributed by atoms with Crippen molar-refractivity contribution in [2.24, 2.45) is 0 Å². The van der Waals surface area contributed by atoms with Gasteiger partial charge in [0, 0.05) is 18.5 Å². The number of urea groups is 1. The van der Waals surface area contributed by atoms with Crippen LogP contribution >= 0.6 is 0 Å². The third-order valence-electron chi connectivity index (χ3n) is 4.80. The van der Waals surface area contributed by atoms with Gasteiger partial charge in [-0.1, -0.05) is 26.7 Å². The third kappa shape index (κ3) is 5.81. The number of carbonyl (C=O) groups is 2. The second-order valence-electron chi connectivity index (χ2n) is 8.59. The number of rotatable bonds is 4. The van der Waals surface area contributed by atoms with E-state index in [2.05, 4.69) is 26.9 Å². The van der Waals surface area contributed by atoms with Gasteiger partial charge < -0.3 is 10.1 Å². The molecule has 2 heterocycles. The van der Waals surface area contributed by atoms with Crippen LogP contribution in [0.25, 0.3) is 0 Å². The first-order valence-electron chi connectivity index (χ1n) is 10.2. The quantitative estimate of drug-likeness (QED) is 0.664. The van der Waals surface area contributed by atoms with Crippen molar-refractivity contribution < 1.29 is 22.7 Å². The Kier molecular flexibility index (Phi) is 6.65. The zero-order valence-corrected chi connectivity index (χ0v) is 20.0. The molecule has 1 saturated heterocycles. The molecule has 1 aliphatic heterocycles. The first-order valence-corrected chi connectivity index (χ1v) is 12.1. The van der Waals surface area contributed by atoms with Crippen LogP contribution in [-0.2, 0) is 20.2 Å². The van der Waals surface area contributed by atoms with Crippen LogP contribution in [0.3, 0.4) is 0 Å². The number of nitrogens with one attached hydrogen (secondary N) is 2. The Hall–Kier alpha value is -3.58. The van der Waals surface area contributed by atoms with Crippen LogP contribution < -0.4 is 19.7 Å². The zero-order chi connectivity index (χ0) is 24.4. The molecule has 3 amide bonds. The minimum atomic E-state index is -3.41. The number of methoxy groups -OCH3 is 1. The van der Waals surface area contributed by atoms with E-state index in [0.29, 0.717) is 34.9 Å². The van der Waals surface area contributed by atoms with Crippen molar-refractivity contribution in [1.82, 2.24) is 10.3 Å². The molecule has 1 aliphatic rings. The summed E-state index contributed by atoms with van der Waals surface area (Å²) in [6.07, 6.45) is 2.64.